The van der Waals surface area contributed by atoms with Gasteiger partial charge in [-0.3, -0.25) is 9.59 Å². The Balaban J connectivity index is 1.75. The second-order valence-electron chi connectivity index (χ2n) is 7.74. The smallest absolute Gasteiger partial charge is 0.197 e. The fourth-order valence-corrected chi connectivity index (χ4v) is 7.47. The third-order valence-corrected chi connectivity index (χ3v) is 9.01. The lowest BCUT2D eigenvalue weighted by Crippen LogP contribution is -2.25. The molecule has 35 heavy (non-hydrogen) atoms. The largest absolute Gasteiger partial charge is 0.397 e. The van der Waals surface area contributed by atoms with Gasteiger partial charge in [0.2, 0.25) is 0 Å². The summed E-state index contributed by atoms with van der Waals surface area (Å²) in [7, 11) is 1.74. The van der Waals surface area contributed by atoms with Crippen molar-refractivity contribution in [3.05, 3.63) is 104 Å². The van der Waals surface area contributed by atoms with E-state index in [4.69, 9.17) is 5.73 Å². The van der Waals surface area contributed by atoms with E-state index in [1.807, 2.05) is 72.8 Å². The van der Waals surface area contributed by atoms with E-state index in [-0.39, 0.29) is 22.8 Å². The van der Waals surface area contributed by atoms with Crippen molar-refractivity contribution in [3.63, 3.8) is 0 Å². The first kappa shape index (κ1) is 24.2. The number of carbonyl (C=O) groups is 2. The van der Waals surface area contributed by atoms with Gasteiger partial charge in [-0.1, -0.05) is 59.9 Å². The fourth-order valence-electron chi connectivity index (χ4n) is 4.07. The molecule has 4 nitrogen and oxygen atoms in total. The van der Waals surface area contributed by atoms with Gasteiger partial charge in [0.05, 0.1) is 22.5 Å². The highest BCUT2D eigenvalue weighted by Gasteiger charge is 2.39. The van der Waals surface area contributed by atoms with Gasteiger partial charge in [0.15, 0.2) is 11.6 Å². The van der Waals surface area contributed by atoms with E-state index in [1.54, 1.807) is 7.05 Å². The molecular formula is C27H18Br2N2O2S2. The normalized spacial score (nSPS) is 12.3. The van der Waals surface area contributed by atoms with E-state index in [2.05, 4.69) is 37.2 Å². The standard InChI is InChI=1S/C27H18Br2N2O2S2/c1-31-25-17(29)13-19(35-15-10-6-3-7-11-15)21-23(25)27(33)20-18(34-14-8-4-2-5-9-14)12-16(28)24(30)22(20)26(21)32/h2-13,31H,30H2,1H3. The number of nitrogens with one attached hydrogen (secondary N) is 1. The zero-order valence-electron chi connectivity index (χ0n) is 18.4. The van der Waals surface area contributed by atoms with Crippen molar-refractivity contribution in [3.8, 4) is 0 Å². The van der Waals surface area contributed by atoms with Gasteiger partial charge >= 0.3 is 0 Å². The minimum absolute atomic E-state index is 0.229. The minimum Gasteiger partial charge on any atom is -0.397 e. The summed E-state index contributed by atoms with van der Waals surface area (Å²) in [5.41, 5.74) is 8.57. The van der Waals surface area contributed by atoms with Crippen LogP contribution >= 0.6 is 55.4 Å². The molecule has 4 aromatic carbocycles. The topological polar surface area (TPSA) is 72.2 Å². The first-order chi connectivity index (χ1) is 16.9. The van der Waals surface area contributed by atoms with Crippen LogP contribution in [0.2, 0.25) is 0 Å². The molecule has 0 bridgehead atoms. The van der Waals surface area contributed by atoms with Crippen LogP contribution in [0.1, 0.15) is 31.8 Å². The van der Waals surface area contributed by atoms with Crippen LogP contribution in [0.5, 0.6) is 0 Å². The second-order valence-corrected chi connectivity index (χ2v) is 11.7. The Kier molecular flexibility index (Phi) is 6.81. The molecule has 0 saturated carbocycles. The van der Waals surface area contributed by atoms with E-state index in [1.165, 1.54) is 23.5 Å². The molecule has 0 amide bonds. The first-order valence-electron chi connectivity index (χ1n) is 10.6. The molecule has 0 spiro atoms. The molecule has 0 atom stereocenters. The molecule has 0 heterocycles. The van der Waals surface area contributed by atoms with Gasteiger partial charge in [-0.2, -0.15) is 0 Å². The van der Waals surface area contributed by atoms with Gasteiger partial charge in [-0.05, 0) is 68.3 Å². The van der Waals surface area contributed by atoms with Crippen LogP contribution in [-0.2, 0) is 0 Å². The Morgan fingerprint density at radius 2 is 1.14 bits per heavy atom. The van der Waals surface area contributed by atoms with Gasteiger partial charge in [0.1, 0.15) is 0 Å². The summed E-state index contributed by atoms with van der Waals surface area (Å²) in [6, 6.07) is 23.2. The lowest BCUT2D eigenvalue weighted by Gasteiger charge is -2.26. The van der Waals surface area contributed by atoms with Crippen molar-refractivity contribution < 1.29 is 9.59 Å². The summed E-state index contributed by atoms with van der Waals surface area (Å²) in [6.07, 6.45) is 0. The maximum atomic E-state index is 14.2. The number of anilines is 2. The number of nitrogen functional groups attached to an aromatic ring is 1. The number of carbonyl (C=O) groups excluding carboxylic acids is 2. The van der Waals surface area contributed by atoms with Crippen LogP contribution in [0, 0.1) is 0 Å². The number of hydrogen-bond acceptors (Lipinski definition) is 6. The van der Waals surface area contributed by atoms with Gasteiger partial charge in [-0.25, -0.2) is 0 Å². The molecule has 8 heteroatoms. The Labute approximate surface area is 228 Å². The number of rotatable bonds is 5. The fraction of sp³-hybridized carbons (Fsp3) is 0.0370. The summed E-state index contributed by atoms with van der Waals surface area (Å²) in [6.45, 7) is 0. The van der Waals surface area contributed by atoms with Gasteiger partial charge in [0.25, 0.3) is 0 Å². The minimum atomic E-state index is -0.259. The number of hydrogen-bond donors (Lipinski definition) is 2. The quantitative estimate of drug-likeness (QED) is 0.193. The third-order valence-electron chi connectivity index (χ3n) is 5.62. The van der Waals surface area contributed by atoms with Crippen molar-refractivity contribution in [2.75, 3.05) is 18.1 Å². The predicted molar refractivity (Wildman–Crippen MR) is 150 cm³/mol. The highest BCUT2D eigenvalue weighted by atomic mass is 79.9. The molecule has 0 aromatic heterocycles. The monoisotopic (exact) mass is 624 g/mol. The van der Waals surface area contributed by atoms with E-state index >= 15 is 0 Å². The van der Waals surface area contributed by atoms with Crippen molar-refractivity contribution in [1.29, 1.82) is 0 Å². The lowest BCUT2D eigenvalue weighted by atomic mass is 9.82. The van der Waals surface area contributed by atoms with E-state index < -0.39 is 0 Å². The Hall–Kier alpha value is -2.52. The number of benzene rings is 4. The van der Waals surface area contributed by atoms with Gasteiger partial charge < -0.3 is 11.1 Å². The molecule has 0 radical (unpaired) electrons. The maximum absolute atomic E-state index is 14.2. The first-order valence-corrected chi connectivity index (χ1v) is 13.8. The molecular weight excluding hydrogens is 608 g/mol. The second kappa shape index (κ2) is 9.85. The van der Waals surface area contributed by atoms with Crippen molar-refractivity contribution in [1.82, 2.24) is 0 Å². The van der Waals surface area contributed by atoms with Crippen LogP contribution < -0.4 is 11.1 Å². The zero-order chi connectivity index (χ0) is 24.7. The summed E-state index contributed by atoms with van der Waals surface area (Å²) < 4.78 is 1.30. The molecule has 4 aromatic rings. The van der Waals surface area contributed by atoms with Gasteiger partial charge in [-0.15, -0.1) is 0 Å². The molecule has 1 aliphatic rings. The highest BCUT2D eigenvalue weighted by molar-refractivity contribution is 9.11. The van der Waals surface area contributed by atoms with E-state index in [0.717, 1.165) is 9.79 Å². The molecule has 0 unspecified atom stereocenters. The molecule has 5 rings (SSSR count). The average molecular weight is 626 g/mol. The summed E-state index contributed by atoms with van der Waals surface area (Å²) >= 11 is 10.00. The van der Waals surface area contributed by atoms with Gasteiger partial charge in [0, 0.05) is 46.7 Å². The molecule has 0 aliphatic heterocycles. The molecule has 1 aliphatic carbocycles. The van der Waals surface area contributed by atoms with Crippen LogP contribution in [-0.4, -0.2) is 18.6 Å². The predicted octanol–water partition coefficient (Wildman–Crippen LogP) is 7.91. The SMILES string of the molecule is CNc1c(Br)cc(Sc2ccccc2)c2c1C(=O)c1c(Sc3ccccc3)cc(Br)c(N)c1C2=O. The Bertz CT molecular complexity index is 1490. The Morgan fingerprint density at radius 1 is 0.686 bits per heavy atom. The number of fused-ring (bicyclic) bond motifs is 2. The molecule has 3 N–H and O–H groups in total. The number of ketones is 2. The number of halogens is 2. The Morgan fingerprint density at radius 3 is 1.66 bits per heavy atom. The third kappa shape index (κ3) is 4.33. The molecule has 174 valence electrons. The number of nitrogens with two attached hydrogens (primary N) is 1. The van der Waals surface area contributed by atoms with Crippen LogP contribution in [0.3, 0.4) is 0 Å². The highest BCUT2D eigenvalue weighted by Crippen LogP contribution is 2.48. The van der Waals surface area contributed by atoms with Crippen LogP contribution in [0.25, 0.3) is 0 Å². The van der Waals surface area contributed by atoms with Crippen molar-refractivity contribution in [2.24, 2.45) is 0 Å². The van der Waals surface area contributed by atoms with Crippen molar-refractivity contribution >= 4 is 78.3 Å². The average Bonchev–Trinajstić information content (AvgIpc) is 2.85. The van der Waals surface area contributed by atoms with E-state index in [9.17, 15) is 9.59 Å². The van der Waals surface area contributed by atoms with Crippen LogP contribution in [0.4, 0.5) is 11.4 Å². The molecule has 0 fully saturated rings. The zero-order valence-corrected chi connectivity index (χ0v) is 23.2. The van der Waals surface area contributed by atoms with Crippen LogP contribution in [0.15, 0.2) is 101 Å². The summed E-state index contributed by atoms with van der Waals surface area (Å²) in [5, 5.41) is 3.11. The molecule has 0 saturated heterocycles. The lowest BCUT2D eigenvalue weighted by molar-refractivity contribution is 0.0975. The summed E-state index contributed by atoms with van der Waals surface area (Å²) in [5.74, 6) is -0.487. The van der Waals surface area contributed by atoms with Crippen molar-refractivity contribution in [2.45, 2.75) is 19.6 Å². The maximum Gasteiger partial charge on any atom is 0.197 e. The summed E-state index contributed by atoms with van der Waals surface area (Å²) in [4.78, 5) is 31.6. The van der Waals surface area contributed by atoms with E-state index in [0.29, 0.717) is 41.1 Å².